The molecule has 0 spiro atoms. The summed E-state index contributed by atoms with van der Waals surface area (Å²) in [5.74, 6) is -0.625. The molecule has 2 amide bonds. The minimum atomic E-state index is -0.319. The van der Waals surface area contributed by atoms with E-state index in [0.29, 0.717) is 26.8 Å². The lowest BCUT2D eigenvalue weighted by molar-refractivity contribution is -0.119. The number of amides is 2. The number of hydrogen-bond acceptors (Lipinski definition) is 3. The minimum absolute atomic E-state index is 0.307. The normalized spacial score (nSPS) is 14.1. The number of aryl methyl sites for hydroxylation is 2. The van der Waals surface area contributed by atoms with Crippen LogP contribution in [0.2, 0.25) is 5.02 Å². The predicted octanol–water partition coefficient (Wildman–Crippen LogP) is 6.03. The van der Waals surface area contributed by atoms with E-state index in [1.165, 1.54) is 16.7 Å². The van der Waals surface area contributed by atoms with Gasteiger partial charge in [0.1, 0.15) is 0 Å². The summed E-state index contributed by atoms with van der Waals surface area (Å²) >= 11 is 7.34. The Kier molecular flexibility index (Phi) is 5.31. The summed E-state index contributed by atoms with van der Waals surface area (Å²) in [5, 5.41) is 0.578. The number of carbonyl (C=O) groups is 2. The average Bonchev–Trinajstić information content (AvgIpc) is 2.92. The third kappa shape index (κ3) is 3.86. The molecule has 0 radical (unpaired) electrons. The van der Waals surface area contributed by atoms with Gasteiger partial charge in [-0.15, -0.1) is 0 Å². The van der Waals surface area contributed by atoms with Crippen molar-refractivity contribution in [2.75, 3.05) is 4.90 Å². The lowest BCUT2D eigenvalue weighted by Gasteiger charge is -2.16. The first kappa shape index (κ1) is 19.5. The Hall–Kier alpha value is -2.82. The molecular formula is C24H18ClNO2S. The fourth-order valence-electron chi connectivity index (χ4n) is 3.40. The van der Waals surface area contributed by atoms with Gasteiger partial charge in [-0.2, -0.15) is 0 Å². The molecule has 5 heteroatoms. The monoisotopic (exact) mass is 419 g/mol. The summed E-state index contributed by atoms with van der Waals surface area (Å²) in [6.07, 6.45) is 0. The number of rotatable bonds is 4. The first-order valence-electron chi connectivity index (χ1n) is 9.14. The molecule has 0 fully saturated rings. The molecule has 0 aliphatic carbocycles. The smallest absolute Gasteiger partial charge is 0.268 e. The summed E-state index contributed by atoms with van der Waals surface area (Å²) < 4.78 is 0. The van der Waals surface area contributed by atoms with Crippen molar-refractivity contribution in [3.63, 3.8) is 0 Å². The molecule has 3 aromatic rings. The number of imide groups is 1. The van der Waals surface area contributed by atoms with Gasteiger partial charge in [0.2, 0.25) is 0 Å². The van der Waals surface area contributed by atoms with Gasteiger partial charge >= 0.3 is 0 Å². The molecule has 0 N–H and O–H groups in total. The zero-order valence-corrected chi connectivity index (χ0v) is 17.6. The van der Waals surface area contributed by atoms with Crippen LogP contribution in [0.15, 0.2) is 82.6 Å². The molecule has 1 aliphatic heterocycles. The van der Waals surface area contributed by atoms with Crippen LogP contribution in [0.4, 0.5) is 5.69 Å². The number of benzene rings is 3. The zero-order chi connectivity index (χ0) is 20.5. The van der Waals surface area contributed by atoms with Gasteiger partial charge < -0.3 is 0 Å². The molecule has 0 aromatic heterocycles. The van der Waals surface area contributed by atoms with Crippen LogP contribution in [0, 0.1) is 13.8 Å². The van der Waals surface area contributed by atoms with Gasteiger partial charge in [-0.05, 0) is 66.9 Å². The first-order valence-corrected chi connectivity index (χ1v) is 10.3. The summed E-state index contributed by atoms with van der Waals surface area (Å²) in [4.78, 5) is 29.4. The second kappa shape index (κ2) is 7.90. The topological polar surface area (TPSA) is 37.4 Å². The van der Waals surface area contributed by atoms with Crippen molar-refractivity contribution >= 4 is 46.4 Å². The van der Waals surface area contributed by atoms with Crippen molar-refractivity contribution in [3.05, 3.63) is 99.4 Å². The highest BCUT2D eigenvalue weighted by molar-refractivity contribution is 8.04. The van der Waals surface area contributed by atoms with Crippen LogP contribution in [-0.2, 0) is 9.59 Å². The Labute approximate surface area is 179 Å². The van der Waals surface area contributed by atoms with Gasteiger partial charge in [0.15, 0.2) is 0 Å². The van der Waals surface area contributed by atoms with E-state index in [4.69, 9.17) is 11.6 Å². The number of thioether (sulfide) groups is 1. The van der Waals surface area contributed by atoms with E-state index in [1.54, 1.807) is 24.3 Å². The van der Waals surface area contributed by atoms with Gasteiger partial charge in [-0.1, -0.05) is 59.8 Å². The summed E-state index contributed by atoms with van der Waals surface area (Å²) in [5.41, 5.74) is 3.67. The molecule has 4 rings (SSSR count). The number of halogens is 1. The fourth-order valence-corrected chi connectivity index (χ4v) is 4.54. The van der Waals surface area contributed by atoms with Crippen molar-refractivity contribution in [1.29, 1.82) is 0 Å². The molecule has 0 bridgehead atoms. The maximum Gasteiger partial charge on any atom is 0.272 e. The van der Waals surface area contributed by atoms with Crippen LogP contribution in [0.5, 0.6) is 0 Å². The van der Waals surface area contributed by atoms with E-state index in [2.05, 4.69) is 0 Å². The third-order valence-corrected chi connectivity index (χ3v) is 5.94. The Balaban J connectivity index is 1.84. The second-order valence-electron chi connectivity index (χ2n) is 6.92. The standard InChI is InChI=1S/C24H18ClNO2S/c1-15-12-16(2)14-19(13-15)26-23(27)21(17-8-10-18(25)11-9-17)22(24(26)28)29-20-6-4-3-5-7-20/h3-14H,1-2H3. The number of carbonyl (C=O) groups excluding carboxylic acids is 2. The van der Waals surface area contributed by atoms with Crippen LogP contribution in [-0.4, -0.2) is 11.8 Å². The third-order valence-electron chi connectivity index (χ3n) is 4.60. The molecule has 0 atom stereocenters. The van der Waals surface area contributed by atoms with Crippen molar-refractivity contribution in [3.8, 4) is 0 Å². The Morgan fingerprint density at radius 1 is 0.793 bits per heavy atom. The summed E-state index contributed by atoms with van der Waals surface area (Å²) in [6.45, 7) is 3.91. The molecule has 1 aliphatic rings. The molecule has 29 heavy (non-hydrogen) atoms. The van der Waals surface area contributed by atoms with E-state index >= 15 is 0 Å². The lowest BCUT2D eigenvalue weighted by Crippen LogP contribution is -2.31. The largest absolute Gasteiger partial charge is 0.272 e. The van der Waals surface area contributed by atoms with Gasteiger partial charge in [-0.3, -0.25) is 9.59 Å². The van der Waals surface area contributed by atoms with Crippen LogP contribution < -0.4 is 4.90 Å². The quantitative estimate of drug-likeness (QED) is 0.484. The van der Waals surface area contributed by atoms with Gasteiger partial charge in [0, 0.05) is 9.92 Å². The van der Waals surface area contributed by atoms with Crippen molar-refractivity contribution in [2.24, 2.45) is 0 Å². The second-order valence-corrected chi connectivity index (χ2v) is 8.44. The SMILES string of the molecule is Cc1cc(C)cc(N2C(=O)C(Sc3ccccc3)=C(c3ccc(Cl)cc3)C2=O)c1. The van der Waals surface area contributed by atoms with Gasteiger partial charge in [0.05, 0.1) is 16.2 Å². The highest BCUT2D eigenvalue weighted by atomic mass is 35.5. The summed E-state index contributed by atoms with van der Waals surface area (Å²) in [6, 6.07) is 22.3. The van der Waals surface area contributed by atoms with E-state index in [0.717, 1.165) is 16.0 Å². The van der Waals surface area contributed by atoms with Crippen LogP contribution >= 0.6 is 23.4 Å². The number of hydrogen-bond donors (Lipinski definition) is 0. The van der Waals surface area contributed by atoms with Crippen LogP contribution in [0.3, 0.4) is 0 Å². The molecule has 3 aromatic carbocycles. The number of nitrogens with zero attached hydrogens (tertiary/aromatic N) is 1. The van der Waals surface area contributed by atoms with E-state index in [-0.39, 0.29) is 11.8 Å². The maximum atomic E-state index is 13.4. The van der Waals surface area contributed by atoms with Crippen molar-refractivity contribution in [1.82, 2.24) is 0 Å². The summed E-state index contributed by atoms with van der Waals surface area (Å²) in [7, 11) is 0. The highest BCUT2D eigenvalue weighted by Crippen LogP contribution is 2.41. The predicted molar refractivity (Wildman–Crippen MR) is 119 cm³/mol. The van der Waals surface area contributed by atoms with E-state index in [1.807, 2.05) is 62.4 Å². The molecule has 0 unspecified atom stereocenters. The van der Waals surface area contributed by atoms with E-state index in [9.17, 15) is 9.59 Å². The Morgan fingerprint density at radius 3 is 2.03 bits per heavy atom. The Morgan fingerprint density at radius 2 is 1.41 bits per heavy atom. The maximum absolute atomic E-state index is 13.4. The van der Waals surface area contributed by atoms with Crippen molar-refractivity contribution < 1.29 is 9.59 Å². The zero-order valence-electron chi connectivity index (χ0n) is 16.0. The lowest BCUT2D eigenvalue weighted by atomic mass is 10.1. The highest BCUT2D eigenvalue weighted by Gasteiger charge is 2.40. The molecule has 3 nitrogen and oxygen atoms in total. The van der Waals surface area contributed by atoms with Crippen LogP contribution in [0.25, 0.3) is 5.57 Å². The van der Waals surface area contributed by atoms with Crippen LogP contribution in [0.1, 0.15) is 16.7 Å². The molecule has 0 saturated carbocycles. The Bertz CT molecular complexity index is 1120. The number of anilines is 1. The average molecular weight is 420 g/mol. The fraction of sp³-hybridized carbons (Fsp3) is 0.0833. The molecule has 144 valence electrons. The van der Waals surface area contributed by atoms with E-state index < -0.39 is 0 Å². The molecule has 0 saturated heterocycles. The molecule has 1 heterocycles. The van der Waals surface area contributed by atoms with Gasteiger partial charge in [0.25, 0.3) is 11.8 Å². The van der Waals surface area contributed by atoms with Crippen molar-refractivity contribution in [2.45, 2.75) is 18.7 Å². The van der Waals surface area contributed by atoms with Gasteiger partial charge in [-0.25, -0.2) is 4.90 Å². The molecular weight excluding hydrogens is 402 g/mol. The first-order chi connectivity index (χ1) is 13.9. The minimum Gasteiger partial charge on any atom is -0.268 e.